The van der Waals surface area contributed by atoms with Crippen LogP contribution in [0.5, 0.6) is 11.5 Å². The van der Waals surface area contributed by atoms with Gasteiger partial charge in [-0.1, -0.05) is 26.8 Å². The van der Waals surface area contributed by atoms with E-state index in [4.69, 9.17) is 14.5 Å². The van der Waals surface area contributed by atoms with Crippen LogP contribution < -0.4 is 20.1 Å². The molecule has 1 aromatic carbocycles. The fourth-order valence-electron chi connectivity index (χ4n) is 3.07. The van der Waals surface area contributed by atoms with Crippen molar-refractivity contribution in [2.24, 2.45) is 4.99 Å². The minimum Gasteiger partial charge on any atom is -0.490 e. The highest BCUT2D eigenvalue weighted by Crippen LogP contribution is 2.31. The van der Waals surface area contributed by atoms with Crippen LogP contribution in [0.4, 0.5) is 0 Å². The molecule has 0 aliphatic carbocycles. The van der Waals surface area contributed by atoms with Gasteiger partial charge < -0.3 is 24.7 Å². The number of rotatable bonds is 13. The lowest BCUT2D eigenvalue weighted by Crippen LogP contribution is -2.39. The second-order valence-electron chi connectivity index (χ2n) is 7.32. The maximum atomic E-state index is 5.94. The Bertz CT molecular complexity index is 805. The molecule has 8 nitrogen and oxygen atoms in total. The van der Waals surface area contributed by atoms with Crippen molar-refractivity contribution in [2.75, 3.05) is 26.3 Å². The molecular formula is C23H38N6O2. The molecule has 1 aromatic heterocycles. The van der Waals surface area contributed by atoms with Crippen molar-refractivity contribution in [3.8, 4) is 11.5 Å². The van der Waals surface area contributed by atoms with Crippen LogP contribution >= 0.6 is 0 Å². The lowest BCUT2D eigenvalue weighted by molar-refractivity contribution is 0.268. The Kier molecular flexibility index (Phi) is 10.7. The van der Waals surface area contributed by atoms with E-state index in [0.29, 0.717) is 19.8 Å². The van der Waals surface area contributed by atoms with E-state index in [9.17, 15) is 0 Å². The van der Waals surface area contributed by atoms with Gasteiger partial charge in [0, 0.05) is 19.5 Å². The van der Waals surface area contributed by atoms with Crippen LogP contribution in [-0.2, 0) is 13.0 Å². The van der Waals surface area contributed by atoms with E-state index in [1.54, 1.807) is 6.33 Å². The number of ether oxygens (including phenoxy) is 2. The first kappa shape index (κ1) is 24.5. The van der Waals surface area contributed by atoms with Gasteiger partial charge in [0.25, 0.3) is 0 Å². The maximum Gasteiger partial charge on any atom is 0.191 e. The van der Waals surface area contributed by atoms with Crippen molar-refractivity contribution in [3.63, 3.8) is 0 Å². The fraction of sp³-hybridized carbons (Fsp3) is 0.609. The molecule has 1 unspecified atom stereocenters. The molecule has 2 rings (SSSR count). The van der Waals surface area contributed by atoms with Gasteiger partial charge in [0.1, 0.15) is 12.2 Å². The molecule has 1 atom stereocenters. The van der Waals surface area contributed by atoms with E-state index in [0.717, 1.165) is 61.2 Å². The molecule has 0 amide bonds. The van der Waals surface area contributed by atoms with E-state index in [1.807, 2.05) is 10.6 Å². The van der Waals surface area contributed by atoms with Gasteiger partial charge in [0.05, 0.1) is 25.8 Å². The molecule has 0 fully saturated rings. The molecule has 0 spiro atoms. The van der Waals surface area contributed by atoms with Gasteiger partial charge in [-0.05, 0) is 44.4 Å². The maximum absolute atomic E-state index is 5.94. The van der Waals surface area contributed by atoms with Gasteiger partial charge in [-0.15, -0.1) is 10.2 Å². The summed E-state index contributed by atoms with van der Waals surface area (Å²) in [4.78, 5) is 4.72. The number of guanidine groups is 1. The zero-order valence-corrected chi connectivity index (χ0v) is 19.6. The normalized spacial score (nSPS) is 12.5. The van der Waals surface area contributed by atoms with Crippen LogP contribution in [0, 0.1) is 0 Å². The zero-order chi connectivity index (χ0) is 22.5. The predicted octanol–water partition coefficient (Wildman–Crippen LogP) is 3.73. The molecule has 2 aromatic rings. The Morgan fingerprint density at radius 2 is 1.84 bits per heavy atom. The molecule has 31 heavy (non-hydrogen) atoms. The largest absolute Gasteiger partial charge is 0.490 e. The zero-order valence-electron chi connectivity index (χ0n) is 19.6. The molecule has 0 radical (unpaired) electrons. The van der Waals surface area contributed by atoms with E-state index >= 15 is 0 Å². The first-order valence-electron chi connectivity index (χ1n) is 11.4. The lowest BCUT2D eigenvalue weighted by atomic mass is 10.1. The van der Waals surface area contributed by atoms with Crippen LogP contribution in [0.2, 0.25) is 0 Å². The smallest absolute Gasteiger partial charge is 0.191 e. The Labute approximate surface area is 186 Å². The quantitative estimate of drug-likeness (QED) is 0.372. The topological polar surface area (TPSA) is 85.6 Å². The van der Waals surface area contributed by atoms with E-state index in [1.165, 1.54) is 0 Å². The van der Waals surface area contributed by atoms with Gasteiger partial charge >= 0.3 is 0 Å². The van der Waals surface area contributed by atoms with Crippen molar-refractivity contribution in [3.05, 3.63) is 35.9 Å². The Hall–Kier alpha value is -2.77. The highest BCUT2D eigenvalue weighted by molar-refractivity contribution is 5.80. The lowest BCUT2D eigenvalue weighted by Gasteiger charge is -2.20. The molecule has 1 heterocycles. The molecule has 0 aliphatic heterocycles. The van der Waals surface area contributed by atoms with Crippen molar-refractivity contribution in [2.45, 2.75) is 66.5 Å². The average Bonchev–Trinajstić information content (AvgIpc) is 3.24. The monoisotopic (exact) mass is 430 g/mol. The summed E-state index contributed by atoms with van der Waals surface area (Å²) in [6.07, 6.45) is 4.54. The number of aromatic nitrogens is 3. The number of aryl methyl sites for hydroxylation is 1. The minimum absolute atomic E-state index is 0.0584. The predicted molar refractivity (Wildman–Crippen MR) is 125 cm³/mol. The van der Waals surface area contributed by atoms with Crippen LogP contribution in [0.1, 0.15) is 64.9 Å². The van der Waals surface area contributed by atoms with Crippen molar-refractivity contribution < 1.29 is 9.47 Å². The van der Waals surface area contributed by atoms with Crippen molar-refractivity contribution >= 4 is 5.96 Å². The SMILES string of the molecule is CCCOc1ccc(C(C)NC(=NCCn2cnnc2CC)NCC)cc1OCCC. The Morgan fingerprint density at radius 1 is 1.10 bits per heavy atom. The number of hydrogen-bond donors (Lipinski definition) is 2. The highest BCUT2D eigenvalue weighted by Gasteiger charge is 2.13. The second kappa shape index (κ2) is 13.5. The summed E-state index contributed by atoms with van der Waals surface area (Å²) in [6.45, 7) is 14.0. The average molecular weight is 431 g/mol. The summed E-state index contributed by atoms with van der Waals surface area (Å²) in [5.74, 6) is 3.35. The van der Waals surface area contributed by atoms with Gasteiger partial charge in [-0.2, -0.15) is 0 Å². The standard InChI is InChI=1S/C23H38N6O2/c1-6-14-30-20-11-10-19(16-21(20)31-15-7-2)18(5)27-23(24-9-4)25-12-13-29-17-26-28-22(29)8-3/h10-11,16-18H,6-9,12-15H2,1-5H3,(H2,24,25,27). The summed E-state index contributed by atoms with van der Waals surface area (Å²) < 4.78 is 13.8. The Morgan fingerprint density at radius 3 is 2.52 bits per heavy atom. The molecular weight excluding hydrogens is 392 g/mol. The van der Waals surface area contributed by atoms with E-state index < -0.39 is 0 Å². The number of hydrogen-bond acceptors (Lipinski definition) is 5. The van der Waals surface area contributed by atoms with Crippen LogP contribution in [0.25, 0.3) is 0 Å². The van der Waals surface area contributed by atoms with Gasteiger partial charge in [-0.3, -0.25) is 4.99 Å². The summed E-state index contributed by atoms with van der Waals surface area (Å²) in [5.41, 5.74) is 1.12. The summed E-state index contributed by atoms with van der Waals surface area (Å²) in [5, 5.41) is 14.9. The minimum atomic E-state index is 0.0584. The summed E-state index contributed by atoms with van der Waals surface area (Å²) in [6, 6.07) is 6.20. The fourth-order valence-corrected chi connectivity index (χ4v) is 3.07. The van der Waals surface area contributed by atoms with Gasteiger partial charge in [0.15, 0.2) is 17.5 Å². The molecule has 0 saturated carbocycles. The van der Waals surface area contributed by atoms with Crippen molar-refractivity contribution in [1.82, 2.24) is 25.4 Å². The number of nitrogens with zero attached hydrogens (tertiary/aromatic N) is 4. The number of benzene rings is 1. The van der Waals surface area contributed by atoms with Crippen LogP contribution in [-0.4, -0.2) is 47.0 Å². The second-order valence-corrected chi connectivity index (χ2v) is 7.32. The molecule has 0 saturated heterocycles. The molecule has 0 bridgehead atoms. The molecule has 0 aliphatic rings. The molecule has 172 valence electrons. The van der Waals surface area contributed by atoms with Crippen LogP contribution in [0.15, 0.2) is 29.5 Å². The van der Waals surface area contributed by atoms with Crippen LogP contribution in [0.3, 0.4) is 0 Å². The molecule has 8 heteroatoms. The first-order valence-corrected chi connectivity index (χ1v) is 11.4. The third-order valence-corrected chi connectivity index (χ3v) is 4.71. The van der Waals surface area contributed by atoms with Gasteiger partial charge in [-0.25, -0.2) is 0 Å². The van der Waals surface area contributed by atoms with Crippen molar-refractivity contribution in [1.29, 1.82) is 0 Å². The van der Waals surface area contributed by atoms with Gasteiger partial charge in [0.2, 0.25) is 0 Å². The molecule has 2 N–H and O–H groups in total. The van der Waals surface area contributed by atoms with E-state index in [-0.39, 0.29) is 6.04 Å². The first-order chi connectivity index (χ1) is 15.1. The highest BCUT2D eigenvalue weighted by atomic mass is 16.5. The van der Waals surface area contributed by atoms with E-state index in [2.05, 4.69) is 67.6 Å². The summed E-state index contributed by atoms with van der Waals surface area (Å²) in [7, 11) is 0. The third-order valence-electron chi connectivity index (χ3n) is 4.71. The number of nitrogens with one attached hydrogen (secondary N) is 2. The number of aliphatic imine (C=N–C) groups is 1. The third kappa shape index (κ3) is 7.77. The Balaban J connectivity index is 2.06. The summed E-state index contributed by atoms with van der Waals surface area (Å²) >= 11 is 0.